The fraction of sp³-hybridized carbons (Fsp3) is 0.833. The van der Waals surface area contributed by atoms with Crippen molar-refractivity contribution in [3.8, 4) is 0 Å². The van der Waals surface area contributed by atoms with Gasteiger partial charge in [0.25, 0.3) is 0 Å². The lowest BCUT2D eigenvalue weighted by atomic mass is 10.1. The summed E-state index contributed by atoms with van der Waals surface area (Å²) in [6.45, 7) is 6.78. The Morgan fingerprint density at radius 3 is 0.661 bits per heavy atom. The van der Waals surface area contributed by atoms with Crippen LogP contribution in [0.5, 0.6) is 0 Å². The van der Waals surface area contributed by atoms with Crippen LogP contribution in [0.1, 0.15) is 290 Å². The molecule has 344 valence electrons. The van der Waals surface area contributed by atoms with Gasteiger partial charge in [0.2, 0.25) is 0 Å². The zero-order valence-corrected chi connectivity index (χ0v) is 40.8. The molecule has 1 N–H and O–H groups in total. The van der Waals surface area contributed by atoms with Crippen LogP contribution in [0.2, 0.25) is 0 Å². The van der Waals surface area contributed by atoms with Crippen LogP contribution in [-0.2, 0) is 14.4 Å². The van der Waals surface area contributed by atoms with E-state index in [-0.39, 0.29) is 19.3 Å². The average molecular weight is 841 g/mol. The summed E-state index contributed by atoms with van der Waals surface area (Å²) in [5.41, 5.74) is 0. The van der Waals surface area contributed by atoms with Crippen LogP contribution in [0.4, 0.5) is 0 Å². The van der Waals surface area contributed by atoms with Gasteiger partial charge in [-0.15, -0.1) is 0 Å². The molecule has 0 fully saturated rings. The van der Waals surface area contributed by atoms with E-state index >= 15 is 0 Å². The predicted molar refractivity (Wildman–Crippen MR) is 261 cm³/mol. The molecule has 0 heterocycles. The first-order chi connectivity index (χ1) is 28.9. The van der Waals surface area contributed by atoms with Crippen molar-refractivity contribution in [2.45, 2.75) is 290 Å². The molecule has 0 amide bonds. The first-order valence-electron chi connectivity index (χ1n) is 26.2. The first-order valence-corrected chi connectivity index (χ1v) is 28.2. The Kier molecular flexibility index (Phi) is 44.7. The van der Waals surface area contributed by atoms with Gasteiger partial charge in [-0.25, -0.2) is 0 Å². The summed E-state index contributed by atoms with van der Waals surface area (Å²) >= 11 is 0. The molecule has 0 atom stereocenters. The van der Waals surface area contributed by atoms with Gasteiger partial charge < -0.3 is 19.2 Å². The second-order valence-corrected chi connectivity index (χ2v) is 21.1. The van der Waals surface area contributed by atoms with Crippen molar-refractivity contribution in [3.05, 3.63) is 36.5 Å². The van der Waals surface area contributed by atoms with Gasteiger partial charge in [0.15, 0.2) is 16.2 Å². The Labute approximate surface area is 369 Å². The SMILES string of the molecule is CCCCCCCCC=CCCCCCCCC(=O)[Si](O)(C(=O)CCCCCCCC=CCCCCCCCC)C(=O)CCCCCCCC=CCCCCCCCC. The molecule has 5 heteroatoms. The van der Waals surface area contributed by atoms with Crippen LogP contribution in [0.15, 0.2) is 36.5 Å². The molecule has 0 aliphatic rings. The zero-order valence-electron chi connectivity index (χ0n) is 39.8. The number of hydrogen-bond donors (Lipinski definition) is 1. The smallest absolute Gasteiger partial charge is 0.399 e. The van der Waals surface area contributed by atoms with Crippen molar-refractivity contribution in [1.29, 1.82) is 0 Å². The van der Waals surface area contributed by atoms with Gasteiger partial charge in [-0.05, 0) is 96.3 Å². The van der Waals surface area contributed by atoms with Crippen LogP contribution < -0.4 is 0 Å². The van der Waals surface area contributed by atoms with Crippen LogP contribution >= 0.6 is 0 Å². The van der Waals surface area contributed by atoms with Gasteiger partial charge in [0.05, 0.1) is 0 Å². The Hall–Kier alpha value is -1.59. The Morgan fingerprint density at radius 2 is 0.458 bits per heavy atom. The third-order valence-electron chi connectivity index (χ3n) is 12.2. The van der Waals surface area contributed by atoms with E-state index in [2.05, 4.69) is 57.2 Å². The molecule has 0 aromatic rings. The van der Waals surface area contributed by atoms with Gasteiger partial charge in [-0.2, -0.15) is 0 Å². The molecule has 0 aliphatic carbocycles. The maximum Gasteiger partial charge on any atom is 0.399 e. The first kappa shape index (κ1) is 57.4. The Morgan fingerprint density at radius 1 is 0.288 bits per heavy atom. The van der Waals surface area contributed by atoms with Crippen molar-refractivity contribution in [1.82, 2.24) is 0 Å². The van der Waals surface area contributed by atoms with E-state index < -0.39 is 24.5 Å². The topological polar surface area (TPSA) is 71.4 Å². The molecule has 0 spiro atoms. The summed E-state index contributed by atoms with van der Waals surface area (Å²) in [5, 5.41) is -1.28. The molecule has 0 radical (unpaired) electrons. The highest BCUT2D eigenvalue weighted by molar-refractivity contribution is 7.36. The van der Waals surface area contributed by atoms with Gasteiger partial charge in [0.1, 0.15) is 0 Å². The van der Waals surface area contributed by atoms with E-state index in [0.717, 1.165) is 96.3 Å². The van der Waals surface area contributed by atoms with Crippen molar-refractivity contribution >= 4 is 24.5 Å². The lowest BCUT2D eigenvalue weighted by Crippen LogP contribution is -2.60. The maximum atomic E-state index is 13.6. The minimum absolute atomic E-state index is 0.164. The van der Waals surface area contributed by atoms with Gasteiger partial charge in [0, 0.05) is 19.3 Å². The van der Waals surface area contributed by atoms with E-state index in [1.807, 2.05) is 0 Å². The number of carbonyl (C=O) groups is 3. The Balaban J connectivity index is 4.60. The van der Waals surface area contributed by atoms with Crippen LogP contribution in [0.25, 0.3) is 0 Å². The number of allylic oxidation sites excluding steroid dienone is 6. The summed E-state index contributed by atoms with van der Waals surface area (Å²) < 4.78 is 0. The number of rotatable bonds is 48. The molecule has 0 saturated carbocycles. The third kappa shape index (κ3) is 36.7. The standard InChI is InChI=1S/C54H100O4Si/c1-4-7-10-13-16-19-22-25-28-31-34-37-40-43-46-49-52(55)59(58,53(56)50-47-44-41-38-35-32-29-26-23-20-17-14-11-8-5-2)54(57)51-48-45-42-39-36-33-30-27-24-21-18-15-12-9-6-3/h25-30,58H,4-24,31-51H2,1-3H3. The van der Waals surface area contributed by atoms with Crippen LogP contribution in [-0.4, -0.2) is 29.3 Å². The van der Waals surface area contributed by atoms with E-state index in [1.54, 1.807) is 0 Å². The monoisotopic (exact) mass is 841 g/mol. The lowest BCUT2D eigenvalue weighted by molar-refractivity contribution is -0.122. The van der Waals surface area contributed by atoms with Gasteiger partial charge in [-0.1, -0.05) is 211 Å². The highest BCUT2D eigenvalue weighted by atomic mass is 28.4. The largest absolute Gasteiger partial charge is 0.416 e. The van der Waals surface area contributed by atoms with E-state index in [0.29, 0.717) is 19.3 Å². The van der Waals surface area contributed by atoms with Crippen LogP contribution in [0, 0.1) is 0 Å². The van der Waals surface area contributed by atoms with Gasteiger partial charge in [-0.3, -0.25) is 0 Å². The number of unbranched alkanes of at least 4 members (excludes halogenated alkanes) is 33. The summed E-state index contributed by atoms with van der Waals surface area (Å²) in [6, 6.07) is 0. The molecule has 0 aromatic carbocycles. The van der Waals surface area contributed by atoms with E-state index in [4.69, 9.17) is 0 Å². The fourth-order valence-electron chi connectivity index (χ4n) is 8.08. The zero-order chi connectivity index (χ0) is 43.2. The quantitative estimate of drug-likeness (QED) is 0.0376. The normalized spacial score (nSPS) is 13.0. The predicted octanol–water partition coefficient (Wildman–Crippen LogP) is 17.4. The molecule has 0 aliphatic heterocycles. The minimum Gasteiger partial charge on any atom is -0.416 e. The maximum absolute atomic E-state index is 13.6. The second kappa shape index (κ2) is 45.9. The summed E-state index contributed by atoms with van der Waals surface area (Å²) in [6.07, 6.45) is 60.1. The second-order valence-electron chi connectivity index (χ2n) is 18.0. The van der Waals surface area contributed by atoms with Crippen molar-refractivity contribution < 1.29 is 19.2 Å². The van der Waals surface area contributed by atoms with Crippen molar-refractivity contribution in [3.63, 3.8) is 0 Å². The van der Waals surface area contributed by atoms with E-state index in [1.165, 1.54) is 135 Å². The summed E-state index contributed by atoms with van der Waals surface area (Å²) in [4.78, 5) is 52.4. The minimum atomic E-state index is -4.33. The highest BCUT2D eigenvalue weighted by Crippen LogP contribution is 2.20. The molecular formula is C54H100O4Si. The van der Waals surface area contributed by atoms with Crippen molar-refractivity contribution in [2.24, 2.45) is 0 Å². The fourth-order valence-corrected chi connectivity index (χ4v) is 10.6. The summed E-state index contributed by atoms with van der Waals surface area (Å²) in [5.74, 6) is 0. The molecule has 0 unspecified atom stereocenters. The molecule has 0 rings (SSSR count). The third-order valence-corrected chi connectivity index (χ3v) is 15.4. The molecular weight excluding hydrogens is 741 g/mol. The molecule has 4 nitrogen and oxygen atoms in total. The number of hydrogen-bond acceptors (Lipinski definition) is 4. The van der Waals surface area contributed by atoms with E-state index in [9.17, 15) is 19.2 Å². The highest BCUT2D eigenvalue weighted by Gasteiger charge is 2.53. The average Bonchev–Trinajstić information content (AvgIpc) is 3.24. The summed E-state index contributed by atoms with van der Waals surface area (Å²) in [7, 11) is -4.33. The lowest BCUT2D eigenvalue weighted by Gasteiger charge is -2.21. The molecule has 0 bridgehead atoms. The number of carbonyl (C=O) groups excluding carboxylic acids is 3. The van der Waals surface area contributed by atoms with Crippen LogP contribution in [0.3, 0.4) is 0 Å². The van der Waals surface area contributed by atoms with Gasteiger partial charge >= 0.3 is 8.32 Å². The molecule has 0 aromatic heterocycles. The molecule has 0 saturated heterocycles. The molecule has 59 heavy (non-hydrogen) atoms. The Bertz CT molecular complexity index is 903. The van der Waals surface area contributed by atoms with Crippen molar-refractivity contribution in [2.75, 3.05) is 0 Å².